The monoisotopic (exact) mass is 387 g/mol. The SMILES string of the molecule is BrC#Cc1nc(C#CBr)nc(C#CBr)n1. The van der Waals surface area contributed by atoms with Gasteiger partial charge in [-0.2, -0.15) is 15.0 Å². The van der Waals surface area contributed by atoms with Crippen molar-refractivity contribution < 1.29 is 0 Å². The number of rotatable bonds is 0. The van der Waals surface area contributed by atoms with Crippen LogP contribution in [0.15, 0.2) is 0 Å². The highest BCUT2D eigenvalue weighted by Crippen LogP contribution is 1.95. The Hall–Kier alpha value is -0.870. The summed E-state index contributed by atoms with van der Waals surface area (Å²) in [6.07, 6.45) is 0. The van der Waals surface area contributed by atoms with Gasteiger partial charge in [0.15, 0.2) is 0 Å². The van der Waals surface area contributed by atoms with E-state index in [0.717, 1.165) is 0 Å². The Morgan fingerprint density at radius 1 is 0.600 bits per heavy atom. The van der Waals surface area contributed by atoms with Gasteiger partial charge >= 0.3 is 0 Å². The fraction of sp³-hybridized carbons (Fsp3) is 0. The molecule has 0 fully saturated rings. The van der Waals surface area contributed by atoms with Gasteiger partial charge in [0.25, 0.3) is 0 Å². The first-order valence-electron chi connectivity index (χ1n) is 3.41. The van der Waals surface area contributed by atoms with Crippen LogP contribution in [0.4, 0.5) is 0 Å². The van der Waals surface area contributed by atoms with Crippen LogP contribution >= 0.6 is 47.8 Å². The maximum atomic E-state index is 3.98. The third-order valence-corrected chi connectivity index (χ3v) is 1.71. The second-order valence-electron chi connectivity index (χ2n) is 1.96. The Balaban J connectivity index is 3.31. The van der Waals surface area contributed by atoms with E-state index in [2.05, 4.69) is 95.0 Å². The van der Waals surface area contributed by atoms with Crippen molar-refractivity contribution in [2.45, 2.75) is 0 Å². The minimum absolute atomic E-state index is 0.317. The molecule has 0 aromatic carbocycles. The maximum absolute atomic E-state index is 3.98. The average molecular weight is 390 g/mol. The van der Waals surface area contributed by atoms with Gasteiger partial charge in [-0.05, 0) is 32.3 Å². The molecule has 15 heavy (non-hydrogen) atoms. The van der Waals surface area contributed by atoms with E-state index in [-0.39, 0.29) is 0 Å². The maximum Gasteiger partial charge on any atom is 0.210 e. The summed E-state index contributed by atoms with van der Waals surface area (Å²) < 4.78 is 0. The minimum Gasteiger partial charge on any atom is -0.192 e. The van der Waals surface area contributed by atoms with Crippen molar-refractivity contribution in [2.24, 2.45) is 0 Å². The molecular formula is C9Br3N3. The van der Waals surface area contributed by atoms with E-state index in [1.54, 1.807) is 0 Å². The van der Waals surface area contributed by atoms with E-state index >= 15 is 0 Å². The lowest BCUT2D eigenvalue weighted by Crippen LogP contribution is -2.00. The van der Waals surface area contributed by atoms with Crippen LogP contribution in [0, 0.1) is 32.3 Å². The summed E-state index contributed by atoms with van der Waals surface area (Å²) in [5.74, 6) is 8.88. The van der Waals surface area contributed by atoms with Gasteiger partial charge in [-0.1, -0.05) is 0 Å². The third-order valence-electron chi connectivity index (χ3n) is 1.11. The largest absolute Gasteiger partial charge is 0.210 e. The summed E-state index contributed by atoms with van der Waals surface area (Å²) in [5, 5.41) is 0. The van der Waals surface area contributed by atoms with Crippen molar-refractivity contribution in [3.05, 3.63) is 17.5 Å². The van der Waals surface area contributed by atoms with Gasteiger partial charge in [0, 0.05) is 47.8 Å². The lowest BCUT2D eigenvalue weighted by molar-refractivity contribution is 0.977. The number of aromatic nitrogens is 3. The van der Waals surface area contributed by atoms with Crippen molar-refractivity contribution in [3.63, 3.8) is 0 Å². The molecule has 72 valence electrons. The molecule has 0 spiro atoms. The Bertz CT molecular complexity index is 456. The summed E-state index contributed by atoms with van der Waals surface area (Å²) in [4.78, 5) is 19.5. The van der Waals surface area contributed by atoms with Gasteiger partial charge in [0.1, 0.15) is 0 Å². The molecule has 1 aromatic heterocycles. The molecule has 1 heterocycles. The minimum atomic E-state index is 0.317. The van der Waals surface area contributed by atoms with E-state index < -0.39 is 0 Å². The standard InChI is InChI=1S/C9Br3N3/c10-4-1-7-13-8(2-5-11)15-9(14-7)3-6-12. The zero-order valence-electron chi connectivity index (χ0n) is 6.98. The predicted molar refractivity (Wildman–Crippen MR) is 67.2 cm³/mol. The third kappa shape index (κ3) is 4.01. The molecule has 3 nitrogen and oxygen atoms in total. The van der Waals surface area contributed by atoms with E-state index in [1.807, 2.05) is 0 Å². The zero-order valence-corrected chi connectivity index (χ0v) is 11.7. The van der Waals surface area contributed by atoms with Crippen LogP contribution in [0.1, 0.15) is 17.5 Å². The van der Waals surface area contributed by atoms with Crippen LogP contribution in [0.3, 0.4) is 0 Å². The highest BCUT2D eigenvalue weighted by molar-refractivity contribution is 9.12. The second kappa shape index (κ2) is 6.58. The van der Waals surface area contributed by atoms with Gasteiger partial charge in [0.2, 0.25) is 17.5 Å². The van der Waals surface area contributed by atoms with Crippen molar-refractivity contribution in [3.8, 4) is 32.3 Å². The summed E-state index contributed by atoms with van der Waals surface area (Å²) in [5.41, 5.74) is 0. The number of hydrogen-bond acceptors (Lipinski definition) is 3. The fourth-order valence-corrected chi connectivity index (χ4v) is 1.20. The molecule has 0 radical (unpaired) electrons. The highest BCUT2D eigenvalue weighted by Gasteiger charge is 2.00. The molecule has 0 saturated heterocycles. The molecule has 0 aliphatic rings. The van der Waals surface area contributed by atoms with Crippen LogP contribution in [-0.4, -0.2) is 15.0 Å². The normalized spacial score (nSPS) is 7.40. The molecule has 0 unspecified atom stereocenters. The topological polar surface area (TPSA) is 38.7 Å². The molecule has 1 rings (SSSR count). The van der Waals surface area contributed by atoms with E-state index in [9.17, 15) is 0 Å². The summed E-state index contributed by atoms with van der Waals surface area (Å²) in [7, 11) is 0. The van der Waals surface area contributed by atoms with Crippen molar-refractivity contribution in [2.75, 3.05) is 0 Å². The average Bonchev–Trinajstić information content (AvgIpc) is 2.19. The van der Waals surface area contributed by atoms with Crippen molar-refractivity contribution >= 4 is 47.8 Å². The molecule has 0 amide bonds. The van der Waals surface area contributed by atoms with Gasteiger partial charge in [0.05, 0.1) is 0 Å². The lowest BCUT2D eigenvalue weighted by atomic mass is 10.5. The first kappa shape index (κ1) is 12.2. The van der Waals surface area contributed by atoms with Crippen LogP contribution in [-0.2, 0) is 0 Å². The quantitative estimate of drug-likeness (QED) is 0.637. The summed E-state index contributed by atoms with van der Waals surface area (Å²) in [6.45, 7) is 0. The Labute approximate surface area is 112 Å². The number of halogens is 3. The molecule has 0 aliphatic carbocycles. The van der Waals surface area contributed by atoms with Crippen molar-refractivity contribution in [1.29, 1.82) is 0 Å². The Morgan fingerprint density at radius 2 is 0.867 bits per heavy atom. The van der Waals surface area contributed by atoms with Gasteiger partial charge in [-0.3, -0.25) is 0 Å². The van der Waals surface area contributed by atoms with Crippen LogP contribution in [0.5, 0.6) is 0 Å². The van der Waals surface area contributed by atoms with Gasteiger partial charge in [-0.15, -0.1) is 0 Å². The molecule has 6 heteroatoms. The Morgan fingerprint density at radius 3 is 1.07 bits per heavy atom. The lowest BCUT2D eigenvalue weighted by Gasteiger charge is -1.92. The van der Waals surface area contributed by atoms with Gasteiger partial charge in [-0.25, -0.2) is 0 Å². The molecule has 0 aliphatic heterocycles. The zero-order chi connectivity index (χ0) is 11.1. The van der Waals surface area contributed by atoms with E-state index in [1.165, 1.54) is 0 Å². The molecule has 1 aromatic rings. The Kier molecular flexibility index (Phi) is 5.36. The number of hydrogen-bond donors (Lipinski definition) is 0. The smallest absolute Gasteiger partial charge is 0.192 e. The van der Waals surface area contributed by atoms with Crippen LogP contribution < -0.4 is 0 Å². The molecule has 0 bridgehead atoms. The van der Waals surface area contributed by atoms with E-state index in [4.69, 9.17) is 0 Å². The summed E-state index contributed by atoms with van der Waals surface area (Å²) in [6, 6.07) is 0. The first-order valence-corrected chi connectivity index (χ1v) is 5.79. The summed E-state index contributed by atoms with van der Waals surface area (Å²) >= 11 is 8.88. The van der Waals surface area contributed by atoms with Crippen LogP contribution in [0.25, 0.3) is 0 Å². The molecule has 0 saturated carbocycles. The highest BCUT2D eigenvalue weighted by atomic mass is 79.9. The predicted octanol–water partition coefficient (Wildman–Crippen LogP) is 1.98. The van der Waals surface area contributed by atoms with E-state index in [0.29, 0.717) is 17.5 Å². The van der Waals surface area contributed by atoms with Crippen LogP contribution in [0.2, 0.25) is 0 Å². The van der Waals surface area contributed by atoms with Gasteiger partial charge < -0.3 is 0 Å². The second-order valence-corrected chi connectivity index (χ2v) is 3.15. The van der Waals surface area contributed by atoms with Crippen molar-refractivity contribution in [1.82, 2.24) is 15.0 Å². The molecular weight excluding hydrogens is 390 g/mol. The first-order chi connectivity index (χ1) is 7.30. The fourth-order valence-electron chi connectivity index (χ4n) is 0.670. The number of nitrogens with zero attached hydrogens (tertiary/aromatic N) is 3. The molecule has 0 N–H and O–H groups in total. The molecule has 0 atom stereocenters.